The van der Waals surface area contributed by atoms with E-state index in [1.165, 1.54) is 10.8 Å². The van der Waals surface area contributed by atoms with Crippen LogP contribution < -0.4 is 11.0 Å². The number of carbonyl (C=O) groups excluding carboxylic acids is 1. The molecule has 0 saturated heterocycles. The van der Waals surface area contributed by atoms with E-state index in [-0.39, 0.29) is 17.9 Å². The smallest absolute Gasteiger partial charge is 0.280 e. The lowest BCUT2D eigenvalue weighted by atomic mass is 10.1. The normalized spacial score (nSPS) is 11.0. The summed E-state index contributed by atoms with van der Waals surface area (Å²) in [5.74, 6) is -1.15. The Morgan fingerprint density at radius 3 is 2.78 bits per heavy atom. The maximum atomic E-state index is 12.7. The van der Waals surface area contributed by atoms with Crippen molar-refractivity contribution < 1.29 is 9.90 Å². The zero-order valence-electron chi connectivity index (χ0n) is 14.2. The summed E-state index contributed by atoms with van der Waals surface area (Å²) in [4.78, 5) is 25.3. The number of pyridine rings is 1. The standard InChI is InChI=1S/C20H16BrN3O3/c1-2-10-24-16-9-4-3-8-15(16)18(25)17(20(24)27)19(26)23-22-12-13-6-5-7-14(21)11-13/h2-9,11-12,25H,1,10H2,(H,23,26)/b22-12+. The van der Waals surface area contributed by atoms with Gasteiger partial charge < -0.3 is 9.67 Å². The fraction of sp³-hybridized carbons (Fsp3) is 0.0500. The summed E-state index contributed by atoms with van der Waals surface area (Å²) < 4.78 is 2.26. The van der Waals surface area contributed by atoms with Crippen LogP contribution in [-0.4, -0.2) is 21.8 Å². The molecule has 1 amide bonds. The lowest BCUT2D eigenvalue weighted by Crippen LogP contribution is -2.31. The van der Waals surface area contributed by atoms with Gasteiger partial charge in [-0.15, -0.1) is 6.58 Å². The van der Waals surface area contributed by atoms with Gasteiger partial charge in [-0.3, -0.25) is 9.59 Å². The summed E-state index contributed by atoms with van der Waals surface area (Å²) in [6.45, 7) is 3.85. The largest absolute Gasteiger partial charge is 0.506 e. The van der Waals surface area contributed by atoms with Crippen LogP contribution >= 0.6 is 15.9 Å². The van der Waals surface area contributed by atoms with E-state index < -0.39 is 11.5 Å². The molecule has 0 atom stereocenters. The monoisotopic (exact) mass is 425 g/mol. The van der Waals surface area contributed by atoms with E-state index in [0.717, 1.165) is 10.0 Å². The van der Waals surface area contributed by atoms with Gasteiger partial charge in [0, 0.05) is 16.4 Å². The van der Waals surface area contributed by atoms with E-state index in [1.807, 2.05) is 24.3 Å². The Hall–Kier alpha value is -3.19. The fourth-order valence-electron chi connectivity index (χ4n) is 2.71. The van der Waals surface area contributed by atoms with Crippen LogP contribution in [0.2, 0.25) is 0 Å². The molecule has 6 nitrogen and oxygen atoms in total. The van der Waals surface area contributed by atoms with Crippen LogP contribution in [-0.2, 0) is 6.54 Å². The van der Waals surface area contributed by atoms with Gasteiger partial charge in [0.15, 0.2) is 0 Å². The lowest BCUT2D eigenvalue weighted by Gasteiger charge is -2.12. The molecule has 0 radical (unpaired) electrons. The summed E-state index contributed by atoms with van der Waals surface area (Å²) in [5.41, 5.74) is 2.61. The first-order valence-electron chi connectivity index (χ1n) is 8.07. The molecule has 0 spiro atoms. The molecule has 136 valence electrons. The van der Waals surface area contributed by atoms with Crippen molar-refractivity contribution >= 4 is 39.0 Å². The molecule has 0 aliphatic carbocycles. The van der Waals surface area contributed by atoms with E-state index in [4.69, 9.17) is 0 Å². The number of allylic oxidation sites excluding steroid dienone is 1. The van der Waals surface area contributed by atoms with Crippen LogP contribution in [0.5, 0.6) is 5.75 Å². The van der Waals surface area contributed by atoms with E-state index >= 15 is 0 Å². The summed E-state index contributed by atoms with van der Waals surface area (Å²) >= 11 is 3.35. The molecule has 27 heavy (non-hydrogen) atoms. The van der Waals surface area contributed by atoms with Crippen molar-refractivity contribution in [2.75, 3.05) is 0 Å². The van der Waals surface area contributed by atoms with Crippen LogP contribution in [0.4, 0.5) is 0 Å². The fourth-order valence-corrected chi connectivity index (χ4v) is 3.13. The van der Waals surface area contributed by atoms with Gasteiger partial charge in [0.1, 0.15) is 11.3 Å². The molecule has 0 aliphatic heterocycles. The Kier molecular flexibility index (Phi) is 5.52. The van der Waals surface area contributed by atoms with Crippen LogP contribution in [0, 0.1) is 0 Å². The van der Waals surface area contributed by atoms with Crippen LogP contribution in [0.25, 0.3) is 10.9 Å². The average molecular weight is 426 g/mol. The Morgan fingerprint density at radius 1 is 1.26 bits per heavy atom. The highest BCUT2D eigenvalue weighted by molar-refractivity contribution is 9.10. The number of carbonyl (C=O) groups is 1. The van der Waals surface area contributed by atoms with Gasteiger partial charge >= 0.3 is 0 Å². The zero-order valence-corrected chi connectivity index (χ0v) is 15.8. The minimum atomic E-state index is -0.785. The van der Waals surface area contributed by atoms with Crippen molar-refractivity contribution in [2.24, 2.45) is 5.10 Å². The topological polar surface area (TPSA) is 83.7 Å². The van der Waals surface area contributed by atoms with Gasteiger partial charge in [-0.2, -0.15) is 5.10 Å². The second-order valence-electron chi connectivity index (χ2n) is 5.70. The number of amides is 1. The molecule has 0 unspecified atom stereocenters. The maximum absolute atomic E-state index is 12.7. The van der Waals surface area contributed by atoms with Gasteiger partial charge in [-0.1, -0.05) is 46.3 Å². The summed E-state index contributed by atoms with van der Waals surface area (Å²) in [6, 6.07) is 14.1. The number of aromatic hydroxyl groups is 1. The quantitative estimate of drug-likeness (QED) is 0.373. The molecule has 0 saturated carbocycles. The minimum Gasteiger partial charge on any atom is -0.506 e. The Morgan fingerprint density at radius 2 is 2.04 bits per heavy atom. The first-order chi connectivity index (χ1) is 13.0. The van der Waals surface area contributed by atoms with E-state index in [1.54, 1.807) is 30.3 Å². The van der Waals surface area contributed by atoms with E-state index in [9.17, 15) is 14.7 Å². The van der Waals surface area contributed by atoms with Crippen molar-refractivity contribution in [1.29, 1.82) is 0 Å². The third-order valence-electron chi connectivity index (χ3n) is 3.91. The number of hydrazone groups is 1. The van der Waals surface area contributed by atoms with Gasteiger partial charge in [0.05, 0.1) is 11.7 Å². The second kappa shape index (κ2) is 8.01. The molecular weight excluding hydrogens is 410 g/mol. The van der Waals surface area contributed by atoms with Crippen molar-refractivity contribution in [3.63, 3.8) is 0 Å². The number of benzene rings is 2. The minimum absolute atomic E-state index is 0.210. The highest BCUT2D eigenvalue weighted by atomic mass is 79.9. The highest BCUT2D eigenvalue weighted by Gasteiger charge is 2.21. The number of halogens is 1. The van der Waals surface area contributed by atoms with Crippen LogP contribution in [0.1, 0.15) is 15.9 Å². The van der Waals surface area contributed by atoms with Crippen LogP contribution in [0.3, 0.4) is 0 Å². The molecule has 2 aromatic carbocycles. The molecule has 1 aromatic heterocycles. The van der Waals surface area contributed by atoms with Crippen molar-refractivity contribution in [3.8, 4) is 5.75 Å². The Bertz CT molecular complexity index is 1120. The first-order valence-corrected chi connectivity index (χ1v) is 8.86. The molecule has 3 aromatic rings. The molecule has 0 fully saturated rings. The Labute approximate surface area is 163 Å². The molecule has 1 heterocycles. The number of aromatic nitrogens is 1. The van der Waals surface area contributed by atoms with E-state index in [2.05, 4.69) is 33.0 Å². The predicted octanol–water partition coefficient (Wildman–Crippen LogP) is 3.42. The van der Waals surface area contributed by atoms with Crippen molar-refractivity contribution in [1.82, 2.24) is 9.99 Å². The predicted molar refractivity (Wildman–Crippen MR) is 109 cm³/mol. The number of hydrogen-bond donors (Lipinski definition) is 2. The molecule has 2 N–H and O–H groups in total. The summed E-state index contributed by atoms with van der Waals surface area (Å²) in [7, 11) is 0. The average Bonchev–Trinajstić information content (AvgIpc) is 2.65. The van der Waals surface area contributed by atoms with Gasteiger partial charge in [0.25, 0.3) is 11.5 Å². The molecule has 0 bridgehead atoms. The lowest BCUT2D eigenvalue weighted by molar-refractivity contribution is 0.0950. The number of rotatable bonds is 5. The molecule has 3 rings (SSSR count). The third-order valence-corrected chi connectivity index (χ3v) is 4.41. The van der Waals surface area contributed by atoms with Crippen molar-refractivity contribution in [3.05, 3.63) is 87.1 Å². The SMILES string of the molecule is C=CCn1c(=O)c(C(=O)N/N=C/c2cccc(Br)c2)c(O)c2ccccc21. The summed E-state index contributed by atoms with van der Waals surface area (Å²) in [5, 5.41) is 14.8. The second-order valence-corrected chi connectivity index (χ2v) is 6.61. The molecule has 7 heteroatoms. The van der Waals surface area contributed by atoms with Gasteiger partial charge in [-0.05, 0) is 29.8 Å². The number of fused-ring (bicyclic) bond motifs is 1. The maximum Gasteiger partial charge on any atom is 0.280 e. The number of nitrogens with zero attached hydrogens (tertiary/aromatic N) is 2. The van der Waals surface area contributed by atoms with Crippen molar-refractivity contribution in [2.45, 2.75) is 6.54 Å². The highest BCUT2D eigenvalue weighted by Crippen LogP contribution is 2.26. The van der Waals surface area contributed by atoms with E-state index in [0.29, 0.717) is 10.9 Å². The number of hydrogen-bond acceptors (Lipinski definition) is 4. The third kappa shape index (κ3) is 3.83. The molecular formula is C20H16BrN3O3. The zero-order chi connectivity index (χ0) is 19.4. The van der Waals surface area contributed by atoms with Crippen LogP contribution in [0.15, 0.2) is 75.6 Å². The van der Waals surface area contributed by atoms with Gasteiger partial charge in [0.2, 0.25) is 0 Å². The van der Waals surface area contributed by atoms with Gasteiger partial charge in [-0.25, -0.2) is 5.43 Å². The Balaban J connectivity index is 1.99. The number of nitrogens with one attached hydrogen (secondary N) is 1. The summed E-state index contributed by atoms with van der Waals surface area (Å²) in [6.07, 6.45) is 3.00. The number of para-hydroxylation sites is 1. The molecule has 0 aliphatic rings. The first kappa shape index (κ1) is 18.6.